The van der Waals surface area contributed by atoms with Gasteiger partial charge in [0.25, 0.3) is 0 Å². The van der Waals surface area contributed by atoms with Crippen LogP contribution in [-0.4, -0.2) is 29.9 Å². The SMILES string of the molecule is Cc1cc(C(C)NC(C)CN2CCCC2=O)c(C)o1. The summed E-state index contributed by atoms with van der Waals surface area (Å²) in [5, 5.41) is 3.54. The van der Waals surface area contributed by atoms with Crippen molar-refractivity contribution in [3.05, 3.63) is 23.2 Å². The number of nitrogens with zero attached hydrogens (tertiary/aromatic N) is 1. The van der Waals surface area contributed by atoms with Crippen molar-refractivity contribution in [2.45, 2.75) is 52.6 Å². The van der Waals surface area contributed by atoms with Gasteiger partial charge in [-0.05, 0) is 40.2 Å². The van der Waals surface area contributed by atoms with E-state index in [9.17, 15) is 4.79 Å². The third-order valence-electron chi connectivity index (χ3n) is 3.75. The molecule has 0 bridgehead atoms. The maximum Gasteiger partial charge on any atom is 0.222 e. The Hall–Kier alpha value is -1.29. The molecule has 4 nitrogen and oxygen atoms in total. The molecular formula is C15H24N2O2. The molecule has 0 spiro atoms. The van der Waals surface area contributed by atoms with Crippen molar-refractivity contribution in [3.8, 4) is 0 Å². The summed E-state index contributed by atoms with van der Waals surface area (Å²) in [7, 11) is 0. The summed E-state index contributed by atoms with van der Waals surface area (Å²) >= 11 is 0. The summed E-state index contributed by atoms with van der Waals surface area (Å²) in [6.07, 6.45) is 1.71. The third kappa shape index (κ3) is 3.38. The number of rotatable bonds is 5. The summed E-state index contributed by atoms with van der Waals surface area (Å²) in [5.74, 6) is 2.21. The molecule has 106 valence electrons. The minimum Gasteiger partial charge on any atom is -0.466 e. The Labute approximate surface area is 115 Å². The normalized spacial score (nSPS) is 18.9. The highest BCUT2D eigenvalue weighted by Gasteiger charge is 2.23. The summed E-state index contributed by atoms with van der Waals surface area (Å²) in [6, 6.07) is 2.61. The van der Waals surface area contributed by atoms with Gasteiger partial charge in [-0.1, -0.05) is 0 Å². The summed E-state index contributed by atoms with van der Waals surface area (Å²) < 4.78 is 5.56. The highest BCUT2D eigenvalue weighted by molar-refractivity contribution is 5.78. The highest BCUT2D eigenvalue weighted by Crippen LogP contribution is 2.21. The maximum atomic E-state index is 11.6. The average Bonchev–Trinajstić information content (AvgIpc) is 2.85. The van der Waals surface area contributed by atoms with Crippen LogP contribution in [-0.2, 0) is 4.79 Å². The van der Waals surface area contributed by atoms with Crippen LogP contribution in [0.15, 0.2) is 10.5 Å². The molecule has 0 aromatic carbocycles. The Bertz CT molecular complexity index is 453. The first-order valence-electron chi connectivity index (χ1n) is 7.08. The largest absolute Gasteiger partial charge is 0.466 e. The van der Waals surface area contributed by atoms with Gasteiger partial charge >= 0.3 is 0 Å². The van der Waals surface area contributed by atoms with Gasteiger partial charge < -0.3 is 14.6 Å². The van der Waals surface area contributed by atoms with E-state index in [1.165, 1.54) is 5.56 Å². The number of hydrogen-bond donors (Lipinski definition) is 1. The van der Waals surface area contributed by atoms with E-state index in [1.54, 1.807) is 0 Å². The van der Waals surface area contributed by atoms with E-state index in [1.807, 2.05) is 18.7 Å². The Morgan fingerprint density at radius 2 is 2.16 bits per heavy atom. The lowest BCUT2D eigenvalue weighted by Gasteiger charge is -2.24. The zero-order chi connectivity index (χ0) is 14.0. The van der Waals surface area contributed by atoms with Crippen LogP contribution in [0.25, 0.3) is 0 Å². The highest BCUT2D eigenvalue weighted by atomic mass is 16.3. The van der Waals surface area contributed by atoms with Crippen LogP contribution in [0.1, 0.15) is 49.8 Å². The number of likely N-dealkylation sites (tertiary alicyclic amines) is 1. The molecule has 4 heteroatoms. The predicted octanol–water partition coefficient (Wildman–Crippen LogP) is 2.56. The quantitative estimate of drug-likeness (QED) is 0.889. The van der Waals surface area contributed by atoms with E-state index in [4.69, 9.17) is 4.42 Å². The number of carbonyl (C=O) groups is 1. The summed E-state index contributed by atoms with van der Waals surface area (Å²) in [5.41, 5.74) is 1.21. The molecule has 1 N–H and O–H groups in total. The van der Waals surface area contributed by atoms with E-state index < -0.39 is 0 Å². The van der Waals surface area contributed by atoms with E-state index in [2.05, 4.69) is 25.2 Å². The Kier molecular flexibility index (Phi) is 4.30. The van der Waals surface area contributed by atoms with Crippen molar-refractivity contribution < 1.29 is 9.21 Å². The Morgan fingerprint density at radius 3 is 2.68 bits per heavy atom. The van der Waals surface area contributed by atoms with E-state index in [0.717, 1.165) is 31.0 Å². The molecule has 2 atom stereocenters. The fraction of sp³-hybridized carbons (Fsp3) is 0.667. The van der Waals surface area contributed by atoms with Crippen molar-refractivity contribution in [2.24, 2.45) is 0 Å². The zero-order valence-electron chi connectivity index (χ0n) is 12.3. The third-order valence-corrected chi connectivity index (χ3v) is 3.75. The molecule has 1 amide bonds. The summed E-state index contributed by atoms with van der Waals surface area (Å²) in [6.45, 7) is 9.93. The van der Waals surface area contributed by atoms with Gasteiger partial charge in [0.1, 0.15) is 11.5 Å². The van der Waals surface area contributed by atoms with Crippen LogP contribution in [0.5, 0.6) is 0 Å². The standard InChI is InChI=1S/C15H24N2O2/c1-10(9-17-7-5-6-15(17)18)16-12(3)14-8-11(2)19-13(14)4/h8,10,12,16H,5-7,9H2,1-4H3. The molecule has 19 heavy (non-hydrogen) atoms. The second kappa shape index (κ2) is 5.78. The lowest BCUT2D eigenvalue weighted by atomic mass is 10.1. The van der Waals surface area contributed by atoms with E-state index in [-0.39, 0.29) is 18.0 Å². The van der Waals surface area contributed by atoms with Crippen molar-refractivity contribution in [2.75, 3.05) is 13.1 Å². The average molecular weight is 264 g/mol. The van der Waals surface area contributed by atoms with Gasteiger partial charge in [0.15, 0.2) is 0 Å². The molecule has 0 saturated carbocycles. The van der Waals surface area contributed by atoms with E-state index in [0.29, 0.717) is 6.42 Å². The lowest BCUT2D eigenvalue weighted by Crippen LogP contribution is -2.40. The Morgan fingerprint density at radius 1 is 1.42 bits per heavy atom. The second-order valence-corrected chi connectivity index (χ2v) is 5.60. The van der Waals surface area contributed by atoms with Gasteiger partial charge in [-0.2, -0.15) is 0 Å². The number of amides is 1. The first-order chi connectivity index (χ1) is 8.97. The number of aryl methyl sites for hydroxylation is 2. The lowest BCUT2D eigenvalue weighted by molar-refractivity contribution is -0.127. The summed E-state index contributed by atoms with van der Waals surface area (Å²) in [4.78, 5) is 13.6. The molecular weight excluding hydrogens is 240 g/mol. The van der Waals surface area contributed by atoms with Crippen molar-refractivity contribution in [3.63, 3.8) is 0 Å². The molecule has 0 aliphatic carbocycles. The van der Waals surface area contributed by atoms with Crippen molar-refractivity contribution in [1.82, 2.24) is 10.2 Å². The van der Waals surface area contributed by atoms with Gasteiger partial charge in [0.05, 0.1) is 0 Å². The molecule has 1 aromatic rings. The minimum absolute atomic E-state index is 0.241. The number of furan rings is 1. The van der Waals surface area contributed by atoms with Gasteiger partial charge in [-0.15, -0.1) is 0 Å². The molecule has 1 aromatic heterocycles. The van der Waals surface area contributed by atoms with Crippen LogP contribution in [0.2, 0.25) is 0 Å². The van der Waals surface area contributed by atoms with Crippen molar-refractivity contribution in [1.29, 1.82) is 0 Å². The number of carbonyl (C=O) groups excluding carboxylic acids is 1. The maximum absolute atomic E-state index is 11.6. The van der Waals surface area contributed by atoms with Crippen LogP contribution < -0.4 is 5.32 Å². The molecule has 2 heterocycles. The molecule has 1 fully saturated rings. The molecule has 2 unspecified atom stereocenters. The topological polar surface area (TPSA) is 45.5 Å². The fourth-order valence-electron chi connectivity index (χ4n) is 2.88. The molecule has 2 rings (SSSR count). The van der Waals surface area contributed by atoms with Gasteiger partial charge in [-0.25, -0.2) is 0 Å². The van der Waals surface area contributed by atoms with Gasteiger partial charge in [0, 0.05) is 37.2 Å². The first-order valence-corrected chi connectivity index (χ1v) is 7.08. The molecule has 1 aliphatic heterocycles. The molecule has 1 aliphatic rings. The molecule has 0 radical (unpaired) electrons. The first kappa shape index (κ1) is 14.1. The van der Waals surface area contributed by atoms with Crippen LogP contribution >= 0.6 is 0 Å². The second-order valence-electron chi connectivity index (χ2n) is 5.60. The Balaban J connectivity index is 1.89. The van der Waals surface area contributed by atoms with Crippen LogP contribution in [0, 0.1) is 13.8 Å². The molecule has 1 saturated heterocycles. The number of nitrogens with one attached hydrogen (secondary N) is 1. The smallest absolute Gasteiger partial charge is 0.222 e. The van der Waals surface area contributed by atoms with Crippen LogP contribution in [0.4, 0.5) is 0 Å². The van der Waals surface area contributed by atoms with Crippen LogP contribution in [0.3, 0.4) is 0 Å². The fourth-order valence-corrected chi connectivity index (χ4v) is 2.88. The predicted molar refractivity (Wildman–Crippen MR) is 75.0 cm³/mol. The van der Waals surface area contributed by atoms with E-state index >= 15 is 0 Å². The monoisotopic (exact) mass is 264 g/mol. The number of hydrogen-bond acceptors (Lipinski definition) is 3. The van der Waals surface area contributed by atoms with Gasteiger partial charge in [-0.3, -0.25) is 4.79 Å². The minimum atomic E-state index is 0.241. The van der Waals surface area contributed by atoms with Crippen molar-refractivity contribution >= 4 is 5.91 Å². The van der Waals surface area contributed by atoms with Gasteiger partial charge in [0.2, 0.25) is 5.91 Å². The zero-order valence-corrected chi connectivity index (χ0v) is 12.3.